The molecule has 0 fully saturated rings. The fraction of sp³-hybridized carbons (Fsp3) is 0.308. The average molecular weight is 350 g/mol. The summed E-state index contributed by atoms with van der Waals surface area (Å²) in [5.41, 5.74) is 0.133. The molecule has 0 aromatic heterocycles. The summed E-state index contributed by atoms with van der Waals surface area (Å²) in [5.74, 6) is 4.72. The van der Waals surface area contributed by atoms with Gasteiger partial charge < -0.3 is 10.1 Å². The Bertz CT molecular complexity index is 547. The molecule has 1 rings (SSSR count). The van der Waals surface area contributed by atoms with Crippen LogP contribution in [0.5, 0.6) is 5.75 Å². The molecule has 0 saturated carbocycles. The molecule has 1 aromatic rings. The molecular weight excluding hydrogens is 339 g/mol. The van der Waals surface area contributed by atoms with E-state index in [0.29, 0.717) is 17.4 Å². The van der Waals surface area contributed by atoms with E-state index >= 15 is 0 Å². The van der Waals surface area contributed by atoms with E-state index in [4.69, 9.17) is 0 Å². The van der Waals surface area contributed by atoms with Crippen molar-refractivity contribution >= 4 is 21.8 Å². The van der Waals surface area contributed by atoms with Crippen molar-refractivity contribution in [3.05, 3.63) is 28.2 Å². The Balaban J connectivity index is 2.79. The first-order valence-corrected chi connectivity index (χ1v) is 6.36. The maximum Gasteiger partial charge on any atom is 0.573 e. The highest BCUT2D eigenvalue weighted by Crippen LogP contribution is 2.28. The normalized spacial score (nSPS) is 10.4. The smallest absolute Gasteiger partial charge is 0.404 e. The number of ether oxygens (including phenoxy) is 1. The number of carbonyl (C=O) groups is 1. The molecule has 0 heterocycles. The van der Waals surface area contributed by atoms with Crippen LogP contribution in [0.2, 0.25) is 0 Å². The zero-order chi connectivity index (χ0) is 15.2. The lowest BCUT2D eigenvalue weighted by molar-refractivity contribution is -0.274. The molecule has 1 aromatic carbocycles. The minimum atomic E-state index is -4.77. The number of rotatable bonds is 3. The number of nitrogens with one attached hydrogen (secondary N) is 1. The van der Waals surface area contributed by atoms with Gasteiger partial charge in [0.2, 0.25) is 5.91 Å². The quantitative estimate of drug-likeness (QED) is 0.672. The van der Waals surface area contributed by atoms with Crippen LogP contribution in [-0.2, 0) is 4.79 Å². The molecule has 0 atom stereocenters. The monoisotopic (exact) mass is 349 g/mol. The summed E-state index contributed by atoms with van der Waals surface area (Å²) in [6.07, 6.45) is -4.44. The molecule has 0 spiro atoms. The third kappa shape index (κ3) is 6.48. The van der Waals surface area contributed by atoms with Crippen LogP contribution in [0.1, 0.15) is 18.9 Å². The zero-order valence-electron chi connectivity index (χ0n) is 10.5. The van der Waals surface area contributed by atoms with Crippen LogP contribution in [0.15, 0.2) is 22.7 Å². The Labute approximate surface area is 122 Å². The summed E-state index contributed by atoms with van der Waals surface area (Å²) < 4.78 is 41.1. The Morgan fingerprint density at radius 1 is 1.45 bits per heavy atom. The van der Waals surface area contributed by atoms with Gasteiger partial charge in [-0.15, -0.1) is 13.2 Å². The number of hydrogen-bond acceptors (Lipinski definition) is 2. The summed E-state index contributed by atoms with van der Waals surface area (Å²) in [5, 5.41) is 2.53. The van der Waals surface area contributed by atoms with Crippen LogP contribution < -0.4 is 10.1 Å². The van der Waals surface area contributed by atoms with Crippen LogP contribution in [0, 0.1) is 11.8 Å². The first-order valence-electron chi connectivity index (χ1n) is 5.56. The van der Waals surface area contributed by atoms with Crippen LogP contribution >= 0.6 is 15.9 Å². The van der Waals surface area contributed by atoms with Crippen LogP contribution in [0.4, 0.5) is 13.2 Å². The predicted molar refractivity (Wildman–Crippen MR) is 71.0 cm³/mol. The molecule has 0 radical (unpaired) electrons. The van der Waals surface area contributed by atoms with E-state index in [0.717, 1.165) is 0 Å². The third-order valence-electron chi connectivity index (χ3n) is 2.02. The van der Waals surface area contributed by atoms with Crippen molar-refractivity contribution in [3.63, 3.8) is 0 Å². The maximum absolute atomic E-state index is 12.3. The Morgan fingerprint density at radius 2 is 2.15 bits per heavy atom. The molecule has 0 saturated heterocycles. The van der Waals surface area contributed by atoms with Gasteiger partial charge in [0.05, 0.1) is 5.56 Å². The summed E-state index contributed by atoms with van der Waals surface area (Å²) in [6.45, 7) is 1.71. The highest BCUT2D eigenvalue weighted by atomic mass is 79.9. The SMILES string of the molecule is CC(=O)NCCC#Cc1ccc(Br)cc1OC(F)(F)F. The molecule has 0 unspecified atom stereocenters. The van der Waals surface area contributed by atoms with Crippen molar-refractivity contribution in [1.82, 2.24) is 5.32 Å². The highest BCUT2D eigenvalue weighted by Gasteiger charge is 2.32. The molecule has 0 bridgehead atoms. The van der Waals surface area contributed by atoms with Gasteiger partial charge in [-0.1, -0.05) is 27.8 Å². The van der Waals surface area contributed by atoms with Crippen molar-refractivity contribution in [1.29, 1.82) is 0 Å². The largest absolute Gasteiger partial charge is 0.573 e. The number of carbonyl (C=O) groups excluding carboxylic acids is 1. The summed E-state index contributed by atoms with van der Waals surface area (Å²) >= 11 is 3.07. The highest BCUT2D eigenvalue weighted by molar-refractivity contribution is 9.10. The first-order chi connectivity index (χ1) is 9.28. The van der Waals surface area contributed by atoms with Gasteiger partial charge in [-0.2, -0.15) is 0 Å². The van der Waals surface area contributed by atoms with Gasteiger partial charge in [-0.3, -0.25) is 4.79 Å². The fourth-order valence-electron chi connectivity index (χ4n) is 1.27. The van der Waals surface area contributed by atoms with E-state index < -0.39 is 6.36 Å². The minimum Gasteiger partial charge on any atom is -0.404 e. The van der Waals surface area contributed by atoms with Crippen LogP contribution in [0.3, 0.4) is 0 Å². The number of benzene rings is 1. The lowest BCUT2D eigenvalue weighted by Gasteiger charge is -2.10. The van der Waals surface area contributed by atoms with Crippen molar-refractivity contribution in [2.45, 2.75) is 19.7 Å². The Kier molecular flexibility index (Phi) is 5.89. The molecule has 1 N–H and O–H groups in total. The predicted octanol–water partition coefficient (Wildman–Crippen LogP) is 3.23. The van der Waals surface area contributed by atoms with E-state index in [1.54, 1.807) is 6.07 Å². The summed E-state index contributed by atoms with van der Waals surface area (Å²) in [6, 6.07) is 4.20. The average Bonchev–Trinajstić information content (AvgIpc) is 2.28. The number of alkyl halides is 3. The van der Waals surface area contributed by atoms with Crippen molar-refractivity contribution in [2.75, 3.05) is 6.54 Å². The molecule has 0 aliphatic carbocycles. The number of amides is 1. The molecule has 7 heteroatoms. The molecule has 0 aliphatic heterocycles. The van der Waals surface area contributed by atoms with E-state index in [1.165, 1.54) is 19.1 Å². The standard InChI is InChI=1S/C13H11BrF3NO2/c1-9(19)18-7-3-2-4-10-5-6-11(14)8-12(10)20-13(15,16)17/h5-6,8H,3,7H2,1H3,(H,18,19). The first kappa shape index (κ1) is 16.4. The lowest BCUT2D eigenvalue weighted by atomic mass is 10.2. The Morgan fingerprint density at radius 3 is 2.75 bits per heavy atom. The Hall–Kier alpha value is -1.68. The molecule has 0 aliphatic rings. The fourth-order valence-corrected chi connectivity index (χ4v) is 1.61. The lowest BCUT2D eigenvalue weighted by Crippen LogP contribution is -2.20. The molecule has 108 valence electrons. The van der Waals surface area contributed by atoms with Gasteiger partial charge >= 0.3 is 6.36 Å². The van der Waals surface area contributed by atoms with Gasteiger partial charge in [0, 0.05) is 24.4 Å². The summed E-state index contributed by atoms with van der Waals surface area (Å²) in [4.78, 5) is 10.6. The van der Waals surface area contributed by atoms with Gasteiger partial charge in [0.15, 0.2) is 0 Å². The molecule has 20 heavy (non-hydrogen) atoms. The molecular formula is C13H11BrF3NO2. The molecule has 3 nitrogen and oxygen atoms in total. The second-order valence-electron chi connectivity index (χ2n) is 3.72. The van der Waals surface area contributed by atoms with E-state index in [-0.39, 0.29) is 17.2 Å². The van der Waals surface area contributed by atoms with Crippen LogP contribution in [0.25, 0.3) is 0 Å². The van der Waals surface area contributed by atoms with Crippen molar-refractivity contribution in [3.8, 4) is 17.6 Å². The van der Waals surface area contributed by atoms with Crippen molar-refractivity contribution < 1.29 is 22.7 Å². The number of halogens is 4. The third-order valence-corrected chi connectivity index (χ3v) is 2.51. The maximum atomic E-state index is 12.3. The summed E-state index contributed by atoms with van der Waals surface area (Å²) in [7, 11) is 0. The van der Waals surface area contributed by atoms with E-state index in [1.807, 2.05) is 0 Å². The van der Waals surface area contributed by atoms with Crippen LogP contribution in [-0.4, -0.2) is 18.8 Å². The zero-order valence-corrected chi connectivity index (χ0v) is 12.1. The van der Waals surface area contributed by atoms with Crippen molar-refractivity contribution in [2.24, 2.45) is 0 Å². The van der Waals surface area contributed by atoms with Gasteiger partial charge in [0.1, 0.15) is 5.75 Å². The van der Waals surface area contributed by atoms with Gasteiger partial charge in [-0.25, -0.2) is 0 Å². The van der Waals surface area contributed by atoms with Gasteiger partial charge in [-0.05, 0) is 18.2 Å². The van der Waals surface area contributed by atoms with E-state index in [2.05, 4.69) is 37.8 Å². The second-order valence-corrected chi connectivity index (χ2v) is 4.64. The topological polar surface area (TPSA) is 38.3 Å². The van der Waals surface area contributed by atoms with E-state index in [9.17, 15) is 18.0 Å². The van der Waals surface area contributed by atoms with Gasteiger partial charge in [0.25, 0.3) is 0 Å². The second kappa shape index (κ2) is 7.20. The molecule has 1 amide bonds. The minimum absolute atomic E-state index is 0.133. The number of hydrogen-bond donors (Lipinski definition) is 1.